The highest BCUT2D eigenvalue weighted by atomic mass is 16.5. The second-order valence-corrected chi connectivity index (χ2v) is 6.57. The Bertz CT molecular complexity index is 1220. The molecule has 3 rings (SSSR count). The van der Waals surface area contributed by atoms with E-state index in [1.54, 1.807) is 36.4 Å². The largest absolute Gasteiger partial charge is 0.478 e. The summed E-state index contributed by atoms with van der Waals surface area (Å²) in [5.74, 6) is -4.04. The van der Waals surface area contributed by atoms with E-state index in [1.165, 1.54) is 12.1 Å². The van der Waals surface area contributed by atoms with E-state index in [0.29, 0.717) is 22.9 Å². The topological polar surface area (TPSA) is 182 Å². The maximum atomic E-state index is 12.7. The second-order valence-electron chi connectivity index (χ2n) is 6.57. The zero-order valence-corrected chi connectivity index (χ0v) is 16.4. The first-order valence-electron chi connectivity index (χ1n) is 9.05. The molecule has 7 N–H and O–H groups in total. The van der Waals surface area contributed by atoms with E-state index in [2.05, 4.69) is 5.32 Å². The molecule has 0 unspecified atom stereocenters. The van der Waals surface area contributed by atoms with Gasteiger partial charge in [-0.1, -0.05) is 0 Å². The third-order valence-electron chi connectivity index (χ3n) is 4.36. The van der Waals surface area contributed by atoms with Gasteiger partial charge in [0.2, 0.25) is 5.91 Å². The number of rotatable bonds is 7. The number of ether oxygens (including phenoxy) is 1. The summed E-state index contributed by atoms with van der Waals surface area (Å²) in [4.78, 5) is 47.2. The van der Waals surface area contributed by atoms with Crippen molar-refractivity contribution in [2.24, 2.45) is 5.73 Å². The Morgan fingerprint density at radius 1 is 0.719 bits per heavy atom. The molecule has 3 aromatic rings. The lowest BCUT2D eigenvalue weighted by molar-refractivity contribution is 0.0689. The molecule has 2 amide bonds. The van der Waals surface area contributed by atoms with Crippen LogP contribution >= 0.6 is 0 Å². The number of amides is 2. The SMILES string of the molecule is NC(=O)c1cc(C(=O)Nc2ccc(Oc3ccc(N)cc3)cc2)c(C(=O)O)cc1C(=O)O. The molecule has 10 heteroatoms. The van der Waals surface area contributed by atoms with Gasteiger partial charge in [-0.05, 0) is 60.7 Å². The predicted molar refractivity (Wildman–Crippen MR) is 114 cm³/mol. The number of nitrogens with one attached hydrogen (secondary N) is 1. The van der Waals surface area contributed by atoms with Crippen molar-refractivity contribution in [1.29, 1.82) is 0 Å². The van der Waals surface area contributed by atoms with Gasteiger partial charge in [0, 0.05) is 11.4 Å². The van der Waals surface area contributed by atoms with E-state index >= 15 is 0 Å². The lowest BCUT2D eigenvalue weighted by atomic mass is 9.97. The Labute approximate surface area is 181 Å². The molecule has 0 spiro atoms. The molecule has 0 saturated heterocycles. The van der Waals surface area contributed by atoms with Gasteiger partial charge in [0.25, 0.3) is 5.91 Å². The van der Waals surface area contributed by atoms with Crippen LogP contribution in [0.4, 0.5) is 11.4 Å². The van der Waals surface area contributed by atoms with Crippen LogP contribution in [-0.4, -0.2) is 34.0 Å². The van der Waals surface area contributed by atoms with E-state index in [1.807, 2.05) is 0 Å². The quantitative estimate of drug-likeness (QED) is 0.351. The minimum absolute atomic E-state index is 0.305. The summed E-state index contributed by atoms with van der Waals surface area (Å²) >= 11 is 0. The molecule has 0 bridgehead atoms. The van der Waals surface area contributed by atoms with Crippen molar-refractivity contribution in [3.8, 4) is 11.5 Å². The normalized spacial score (nSPS) is 10.2. The molecular weight excluding hydrogens is 418 g/mol. The van der Waals surface area contributed by atoms with E-state index in [4.69, 9.17) is 16.2 Å². The number of nitrogen functional groups attached to an aromatic ring is 1. The molecule has 0 aliphatic carbocycles. The molecule has 0 aliphatic rings. The zero-order valence-electron chi connectivity index (χ0n) is 16.4. The van der Waals surface area contributed by atoms with Crippen molar-refractivity contribution < 1.29 is 34.1 Å². The number of aromatic carboxylic acids is 2. The summed E-state index contributed by atoms with van der Waals surface area (Å²) in [5, 5.41) is 21.1. The monoisotopic (exact) mass is 435 g/mol. The fraction of sp³-hybridized carbons (Fsp3) is 0. The van der Waals surface area contributed by atoms with Gasteiger partial charge in [0.1, 0.15) is 11.5 Å². The van der Waals surface area contributed by atoms with Gasteiger partial charge in [-0.15, -0.1) is 0 Å². The van der Waals surface area contributed by atoms with Crippen molar-refractivity contribution in [3.05, 3.63) is 82.9 Å². The van der Waals surface area contributed by atoms with Crippen LogP contribution in [0.3, 0.4) is 0 Å². The zero-order chi connectivity index (χ0) is 23.4. The molecule has 0 radical (unpaired) electrons. The number of hydrogen-bond donors (Lipinski definition) is 5. The van der Waals surface area contributed by atoms with Crippen molar-refractivity contribution in [2.45, 2.75) is 0 Å². The lowest BCUT2D eigenvalue weighted by Gasteiger charge is -2.12. The van der Waals surface area contributed by atoms with Gasteiger partial charge < -0.3 is 31.7 Å². The van der Waals surface area contributed by atoms with Gasteiger partial charge >= 0.3 is 11.9 Å². The third kappa shape index (κ3) is 4.82. The fourth-order valence-electron chi connectivity index (χ4n) is 2.82. The van der Waals surface area contributed by atoms with Crippen LogP contribution in [0.1, 0.15) is 41.4 Å². The number of carboxylic acid groups (broad SMARTS) is 2. The second kappa shape index (κ2) is 8.88. The van der Waals surface area contributed by atoms with Gasteiger partial charge in [0.05, 0.1) is 22.3 Å². The summed E-state index contributed by atoms with van der Waals surface area (Å²) in [7, 11) is 0. The number of carbonyl (C=O) groups is 4. The summed E-state index contributed by atoms with van der Waals surface area (Å²) in [6.07, 6.45) is 0. The van der Waals surface area contributed by atoms with E-state index in [9.17, 15) is 29.4 Å². The summed E-state index contributed by atoms with van der Waals surface area (Å²) in [6, 6.07) is 14.5. The molecule has 0 heterocycles. The first kappa shape index (κ1) is 21.8. The average Bonchev–Trinajstić information content (AvgIpc) is 2.75. The number of anilines is 2. The highest BCUT2D eigenvalue weighted by Gasteiger charge is 2.24. The summed E-state index contributed by atoms with van der Waals surface area (Å²) in [5.41, 5.74) is 9.60. The van der Waals surface area contributed by atoms with Crippen LogP contribution in [0.15, 0.2) is 60.7 Å². The van der Waals surface area contributed by atoms with Gasteiger partial charge in [-0.2, -0.15) is 0 Å². The molecule has 162 valence electrons. The molecule has 10 nitrogen and oxygen atoms in total. The van der Waals surface area contributed by atoms with Crippen LogP contribution in [0, 0.1) is 0 Å². The Balaban J connectivity index is 1.85. The summed E-state index contributed by atoms with van der Waals surface area (Å²) in [6.45, 7) is 0. The molecule has 32 heavy (non-hydrogen) atoms. The number of carbonyl (C=O) groups excluding carboxylic acids is 2. The molecule has 0 atom stereocenters. The predicted octanol–water partition coefficient (Wildman–Crippen LogP) is 2.81. The molecule has 0 aromatic heterocycles. The molecule has 0 saturated carbocycles. The van der Waals surface area contributed by atoms with Gasteiger partial charge in [-0.25, -0.2) is 9.59 Å². The molecule has 0 fully saturated rings. The van der Waals surface area contributed by atoms with E-state index < -0.39 is 46.0 Å². The van der Waals surface area contributed by atoms with Crippen LogP contribution in [0.2, 0.25) is 0 Å². The van der Waals surface area contributed by atoms with Crippen LogP contribution in [-0.2, 0) is 0 Å². The molecule has 0 aliphatic heterocycles. The first-order valence-corrected chi connectivity index (χ1v) is 9.05. The Kier molecular flexibility index (Phi) is 6.06. The van der Waals surface area contributed by atoms with Crippen molar-refractivity contribution in [1.82, 2.24) is 0 Å². The number of nitrogens with two attached hydrogens (primary N) is 2. The lowest BCUT2D eigenvalue weighted by Crippen LogP contribution is -2.22. The summed E-state index contributed by atoms with van der Waals surface area (Å²) < 4.78 is 5.65. The third-order valence-corrected chi connectivity index (χ3v) is 4.36. The fourth-order valence-corrected chi connectivity index (χ4v) is 2.82. The number of hydrogen-bond acceptors (Lipinski definition) is 6. The van der Waals surface area contributed by atoms with Crippen LogP contribution in [0.25, 0.3) is 0 Å². The minimum atomic E-state index is -1.55. The van der Waals surface area contributed by atoms with E-state index in [0.717, 1.165) is 12.1 Å². The average molecular weight is 435 g/mol. The smallest absolute Gasteiger partial charge is 0.336 e. The Morgan fingerprint density at radius 3 is 1.69 bits per heavy atom. The highest BCUT2D eigenvalue weighted by molar-refractivity contribution is 6.14. The first-order chi connectivity index (χ1) is 15.2. The minimum Gasteiger partial charge on any atom is -0.478 e. The maximum Gasteiger partial charge on any atom is 0.336 e. The van der Waals surface area contributed by atoms with Gasteiger partial charge in [0.15, 0.2) is 0 Å². The van der Waals surface area contributed by atoms with E-state index in [-0.39, 0.29) is 0 Å². The van der Waals surface area contributed by atoms with Crippen molar-refractivity contribution in [3.63, 3.8) is 0 Å². The number of benzene rings is 3. The standard InChI is InChI=1S/C22H17N3O7/c23-11-1-5-13(6-2-11)32-14-7-3-12(4-8-14)25-20(27)16-9-15(19(24)26)17(21(28)29)10-18(16)22(30)31/h1-10H,23H2,(H2,24,26)(H,25,27)(H,28,29)(H,30,31). The Morgan fingerprint density at radius 2 is 1.19 bits per heavy atom. The Hall–Kier alpha value is -4.86. The number of carboxylic acids is 2. The van der Waals surface area contributed by atoms with Crippen LogP contribution < -0.4 is 21.5 Å². The maximum absolute atomic E-state index is 12.7. The van der Waals surface area contributed by atoms with Crippen LogP contribution in [0.5, 0.6) is 11.5 Å². The molecular formula is C22H17N3O7. The van der Waals surface area contributed by atoms with Crippen molar-refractivity contribution in [2.75, 3.05) is 11.1 Å². The molecule has 3 aromatic carbocycles. The highest BCUT2D eigenvalue weighted by Crippen LogP contribution is 2.25. The van der Waals surface area contributed by atoms with Gasteiger partial charge in [-0.3, -0.25) is 9.59 Å². The van der Waals surface area contributed by atoms with Crippen molar-refractivity contribution >= 4 is 35.1 Å². The number of primary amides is 1.